The topological polar surface area (TPSA) is 55.6 Å². The Morgan fingerprint density at radius 1 is 1.62 bits per heavy atom. The number of hydrogen-bond acceptors (Lipinski definition) is 3. The average Bonchev–Trinajstić information content (AvgIpc) is 2.26. The van der Waals surface area contributed by atoms with E-state index >= 15 is 0 Å². The minimum absolute atomic E-state index is 0.148. The van der Waals surface area contributed by atoms with Crippen LogP contribution in [0.25, 0.3) is 0 Å². The van der Waals surface area contributed by atoms with Crippen LogP contribution < -0.4 is 5.73 Å². The summed E-state index contributed by atoms with van der Waals surface area (Å²) in [4.78, 5) is 13.9. The van der Waals surface area contributed by atoms with E-state index in [-0.39, 0.29) is 12.0 Å². The molecular weight excluding hydrogens is 224 g/mol. The predicted molar refractivity (Wildman–Crippen MR) is 67.3 cm³/mol. The Hall–Kier alpha value is -0.840. The van der Waals surface area contributed by atoms with Gasteiger partial charge in [0, 0.05) is 19.0 Å². The smallest absolute Gasteiger partial charge is 0.409 e. The van der Waals surface area contributed by atoms with Gasteiger partial charge < -0.3 is 15.4 Å². The Kier molecular flexibility index (Phi) is 4.99. The van der Waals surface area contributed by atoms with Crippen LogP contribution in [0.3, 0.4) is 0 Å². The lowest BCUT2D eigenvalue weighted by Gasteiger charge is -2.31. The third-order valence-electron chi connectivity index (χ3n) is 2.62. The molecule has 1 fully saturated rings. The van der Waals surface area contributed by atoms with Crippen molar-refractivity contribution in [2.75, 3.05) is 19.7 Å². The summed E-state index contributed by atoms with van der Waals surface area (Å²) < 4.78 is 5.17. The highest BCUT2D eigenvalue weighted by molar-refractivity contribution is 7.80. The van der Waals surface area contributed by atoms with Crippen LogP contribution in [0.1, 0.15) is 26.7 Å². The molecule has 1 saturated heterocycles. The highest BCUT2D eigenvalue weighted by Gasteiger charge is 2.26. The summed E-state index contributed by atoms with van der Waals surface area (Å²) in [5.74, 6) is 0.510. The highest BCUT2D eigenvalue weighted by Crippen LogP contribution is 2.17. The van der Waals surface area contributed by atoms with E-state index < -0.39 is 0 Å². The van der Waals surface area contributed by atoms with Crippen LogP contribution in [0.5, 0.6) is 0 Å². The van der Waals surface area contributed by atoms with Crippen molar-refractivity contribution in [1.82, 2.24) is 4.90 Å². The van der Waals surface area contributed by atoms with Gasteiger partial charge in [0.2, 0.25) is 0 Å². The zero-order valence-corrected chi connectivity index (χ0v) is 10.8. The molecule has 1 aliphatic rings. The molecule has 4 nitrogen and oxygen atoms in total. The fourth-order valence-corrected chi connectivity index (χ4v) is 1.90. The van der Waals surface area contributed by atoms with Crippen molar-refractivity contribution in [3.05, 3.63) is 0 Å². The molecule has 0 aromatic carbocycles. The van der Waals surface area contributed by atoms with Gasteiger partial charge in [-0.3, -0.25) is 0 Å². The average molecular weight is 244 g/mol. The number of thiocarbonyl (C=S) groups is 1. The van der Waals surface area contributed by atoms with Gasteiger partial charge in [-0.1, -0.05) is 26.1 Å². The van der Waals surface area contributed by atoms with E-state index in [1.165, 1.54) is 0 Å². The molecule has 5 heteroatoms. The van der Waals surface area contributed by atoms with Crippen LogP contribution in [0.2, 0.25) is 0 Å². The molecule has 2 N–H and O–H groups in total. The first-order chi connectivity index (χ1) is 7.50. The van der Waals surface area contributed by atoms with E-state index in [0.29, 0.717) is 24.1 Å². The lowest BCUT2D eigenvalue weighted by atomic mass is 9.99. The number of nitrogens with zero attached hydrogens (tertiary/aromatic N) is 1. The monoisotopic (exact) mass is 244 g/mol. The summed E-state index contributed by atoms with van der Waals surface area (Å²) in [6, 6.07) is 0. The van der Waals surface area contributed by atoms with Crippen LogP contribution in [0, 0.1) is 11.8 Å². The molecule has 1 heterocycles. The van der Waals surface area contributed by atoms with Gasteiger partial charge in [-0.2, -0.15) is 0 Å². The second-order valence-corrected chi connectivity index (χ2v) is 5.13. The van der Waals surface area contributed by atoms with Gasteiger partial charge in [0.15, 0.2) is 0 Å². The van der Waals surface area contributed by atoms with Crippen molar-refractivity contribution in [2.24, 2.45) is 17.6 Å². The standard InChI is InChI=1S/C11H20N2O2S/c1-8(2)7-15-11(14)13-5-3-4-9(6-13)10(12)16/h8-9H,3-7H2,1-2H3,(H2,12,16). The van der Waals surface area contributed by atoms with Gasteiger partial charge in [-0.15, -0.1) is 0 Å². The van der Waals surface area contributed by atoms with Crippen molar-refractivity contribution in [3.8, 4) is 0 Å². The number of nitrogens with two attached hydrogens (primary N) is 1. The van der Waals surface area contributed by atoms with E-state index in [9.17, 15) is 4.79 Å². The largest absolute Gasteiger partial charge is 0.449 e. The summed E-state index contributed by atoms with van der Waals surface area (Å²) in [6.07, 6.45) is 1.68. The molecule has 1 rings (SSSR count). The Bertz CT molecular complexity index is 269. The van der Waals surface area contributed by atoms with Gasteiger partial charge in [0.25, 0.3) is 0 Å². The number of likely N-dealkylation sites (tertiary alicyclic amines) is 1. The van der Waals surface area contributed by atoms with Crippen LogP contribution in [-0.2, 0) is 4.74 Å². The summed E-state index contributed by atoms with van der Waals surface area (Å²) in [5.41, 5.74) is 5.60. The molecule has 0 radical (unpaired) electrons. The summed E-state index contributed by atoms with van der Waals surface area (Å²) in [6.45, 7) is 5.85. The minimum atomic E-state index is -0.241. The first-order valence-corrected chi connectivity index (χ1v) is 6.12. The maximum atomic E-state index is 11.7. The molecule has 0 bridgehead atoms. The van der Waals surface area contributed by atoms with Crippen LogP contribution in [0.15, 0.2) is 0 Å². The van der Waals surface area contributed by atoms with Crippen LogP contribution in [0.4, 0.5) is 4.79 Å². The summed E-state index contributed by atoms with van der Waals surface area (Å²) >= 11 is 4.96. The molecule has 0 aromatic rings. The molecule has 1 amide bonds. The SMILES string of the molecule is CC(C)COC(=O)N1CCCC(C(N)=S)C1. The number of carbonyl (C=O) groups excluding carboxylic acids is 1. The highest BCUT2D eigenvalue weighted by atomic mass is 32.1. The Balaban J connectivity index is 2.41. The van der Waals surface area contributed by atoms with Crippen LogP contribution in [-0.4, -0.2) is 35.7 Å². The van der Waals surface area contributed by atoms with Crippen molar-refractivity contribution >= 4 is 23.3 Å². The molecule has 0 aliphatic carbocycles. The number of amides is 1. The van der Waals surface area contributed by atoms with Crippen molar-refractivity contribution in [1.29, 1.82) is 0 Å². The van der Waals surface area contributed by atoms with Gasteiger partial charge in [-0.25, -0.2) is 4.79 Å². The molecule has 1 unspecified atom stereocenters. The van der Waals surface area contributed by atoms with Crippen LogP contribution >= 0.6 is 12.2 Å². The third-order valence-corrected chi connectivity index (χ3v) is 2.96. The quantitative estimate of drug-likeness (QED) is 0.769. The molecule has 0 aromatic heterocycles. The summed E-state index contributed by atoms with van der Waals surface area (Å²) in [7, 11) is 0. The van der Waals surface area contributed by atoms with Crippen molar-refractivity contribution in [2.45, 2.75) is 26.7 Å². The zero-order chi connectivity index (χ0) is 12.1. The maximum Gasteiger partial charge on any atom is 0.409 e. The number of rotatable bonds is 3. The lowest BCUT2D eigenvalue weighted by Crippen LogP contribution is -2.44. The fraction of sp³-hybridized carbons (Fsp3) is 0.818. The van der Waals surface area contributed by atoms with E-state index in [1.54, 1.807) is 4.90 Å². The van der Waals surface area contributed by atoms with Gasteiger partial charge >= 0.3 is 6.09 Å². The lowest BCUT2D eigenvalue weighted by molar-refractivity contribution is 0.0817. The van der Waals surface area contributed by atoms with E-state index in [4.69, 9.17) is 22.7 Å². The van der Waals surface area contributed by atoms with E-state index in [1.807, 2.05) is 13.8 Å². The van der Waals surface area contributed by atoms with Gasteiger partial charge in [-0.05, 0) is 18.8 Å². The Labute approximate surface area is 102 Å². The van der Waals surface area contributed by atoms with Gasteiger partial charge in [0.1, 0.15) is 0 Å². The zero-order valence-electron chi connectivity index (χ0n) is 9.94. The Morgan fingerprint density at radius 2 is 2.31 bits per heavy atom. The number of ether oxygens (including phenoxy) is 1. The first-order valence-electron chi connectivity index (χ1n) is 5.71. The normalized spacial score (nSPS) is 20.9. The van der Waals surface area contributed by atoms with E-state index in [0.717, 1.165) is 19.4 Å². The minimum Gasteiger partial charge on any atom is -0.449 e. The molecule has 92 valence electrons. The maximum absolute atomic E-state index is 11.7. The number of piperidine rings is 1. The molecule has 16 heavy (non-hydrogen) atoms. The number of carbonyl (C=O) groups is 1. The fourth-order valence-electron chi connectivity index (χ4n) is 1.70. The molecule has 1 aliphatic heterocycles. The second-order valence-electron chi connectivity index (χ2n) is 4.66. The molecule has 1 atom stereocenters. The molecule has 0 spiro atoms. The van der Waals surface area contributed by atoms with E-state index in [2.05, 4.69) is 0 Å². The van der Waals surface area contributed by atoms with Crippen molar-refractivity contribution < 1.29 is 9.53 Å². The number of hydrogen-bond donors (Lipinski definition) is 1. The van der Waals surface area contributed by atoms with Crippen molar-refractivity contribution in [3.63, 3.8) is 0 Å². The first kappa shape index (κ1) is 13.2. The third kappa shape index (κ3) is 3.96. The predicted octanol–water partition coefficient (Wildman–Crippen LogP) is 1.78. The van der Waals surface area contributed by atoms with Gasteiger partial charge in [0.05, 0.1) is 11.6 Å². The summed E-state index contributed by atoms with van der Waals surface area (Å²) in [5, 5.41) is 0. The Morgan fingerprint density at radius 3 is 2.88 bits per heavy atom. The molecule has 0 saturated carbocycles. The second kappa shape index (κ2) is 6.03. The molecular formula is C11H20N2O2S.